The van der Waals surface area contributed by atoms with Gasteiger partial charge in [0.1, 0.15) is 18.0 Å². The predicted molar refractivity (Wildman–Crippen MR) is 90.7 cm³/mol. The van der Waals surface area contributed by atoms with Gasteiger partial charge in [-0.1, -0.05) is 13.3 Å². The highest BCUT2D eigenvalue weighted by Crippen LogP contribution is 2.28. The normalized spacial score (nSPS) is 10.3. The maximum atomic E-state index is 12.2. The van der Waals surface area contributed by atoms with E-state index in [1.54, 1.807) is 25.3 Å². The summed E-state index contributed by atoms with van der Waals surface area (Å²) >= 11 is 0. The highest BCUT2D eigenvalue weighted by molar-refractivity contribution is 5.92. The van der Waals surface area contributed by atoms with Crippen LogP contribution in [0.2, 0.25) is 0 Å². The molecule has 2 aromatic rings. The number of hydrogen-bond acceptors (Lipinski definition) is 5. The second kappa shape index (κ2) is 8.14. The molecule has 2 rings (SSSR count). The molecule has 0 fully saturated rings. The summed E-state index contributed by atoms with van der Waals surface area (Å²) in [4.78, 5) is 28.4. The molecule has 1 amide bonds. The van der Waals surface area contributed by atoms with Gasteiger partial charge in [-0.3, -0.25) is 14.2 Å². The minimum Gasteiger partial charge on any atom is -0.497 e. The second-order valence-corrected chi connectivity index (χ2v) is 5.21. The third-order valence-electron chi connectivity index (χ3n) is 3.44. The summed E-state index contributed by atoms with van der Waals surface area (Å²) < 4.78 is 11.6. The van der Waals surface area contributed by atoms with Crippen LogP contribution < -0.4 is 20.3 Å². The van der Waals surface area contributed by atoms with Crippen LogP contribution in [0.25, 0.3) is 0 Å². The zero-order chi connectivity index (χ0) is 17.5. The maximum absolute atomic E-state index is 12.2. The molecule has 1 aromatic heterocycles. The van der Waals surface area contributed by atoms with E-state index in [0.717, 1.165) is 18.5 Å². The Morgan fingerprint density at radius 3 is 2.67 bits per heavy atom. The van der Waals surface area contributed by atoms with E-state index in [2.05, 4.69) is 10.3 Å². The van der Waals surface area contributed by atoms with Gasteiger partial charge in [-0.2, -0.15) is 0 Å². The second-order valence-electron chi connectivity index (χ2n) is 5.21. The Bertz CT molecular complexity index is 771. The largest absolute Gasteiger partial charge is 0.497 e. The number of hydrogen-bond donors (Lipinski definition) is 1. The predicted octanol–water partition coefficient (Wildman–Crippen LogP) is 1.85. The van der Waals surface area contributed by atoms with Gasteiger partial charge in [0.15, 0.2) is 0 Å². The molecule has 0 aliphatic rings. The van der Waals surface area contributed by atoms with Gasteiger partial charge in [0.05, 0.1) is 26.2 Å². The number of amides is 1. The molecular weight excluding hydrogens is 310 g/mol. The maximum Gasteiger partial charge on any atom is 0.253 e. The minimum atomic E-state index is -0.342. The third kappa shape index (κ3) is 4.34. The lowest BCUT2D eigenvalue weighted by Crippen LogP contribution is -2.28. The molecule has 24 heavy (non-hydrogen) atoms. The summed E-state index contributed by atoms with van der Waals surface area (Å²) in [5, 5.41) is 2.72. The van der Waals surface area contributed by atoms with Crippen LogP contribution in [0.4, 0.5) is 5.69 Å². The summed E-state index contributed by atoms with van der Waals surface area (Å²) in [5.74, 6) is 0.758. The van der Waals surface area contributed by atoms with Gasteiger partial charge in [-0.25, -0.2) is 4.98 Å². The van der Waals surface area contributed by atoms with Crippen molar-refractivity contribution in [3.05, 3.63) is 46.6 Å². The molecular formula is C17H21N3O4. The van der Waals surface area contributed by atoms with Gasteiger partial charge in [-0.15, -0.1) is 0 Å². The van der Waals surface area contributed by atoms with Crippen molar-refractivity contribution < 1.29 is 14.3 Å². The third-order valence-corrected chi connectivity index (χ3v) is 3.44. The first kappa shape index (κ1) is 17.5. The number of carbonyl (C=O) groups excluding carboxylic acids is 1. The van der Waals surface area contributed by atoms with Gasteiger partial charge in [0, 0.05) is 17.8 Å². The molecule has 1 N–H and O–H groups in total. The van der Waals surface area contributed by atoms with Crippen molar-refractivity contribution in [3.8, 4) is 11.5 Å². The van der Waals surface area contributed by atoms with E-state index in [1.807, 2.05) is 6.92 Å². The molecule has 7 nitrogen and oxygen atoms in total. The zero-order valence-corrected chi connectivity index (χ0v) is 14.0. The fraction of sp³-hybridized carbons (Fsp3) is 0.353. The lowest BCUT2D eigenvalue weighted by Gasteiger charge is -2.12. The summed E-state index contributed by atoms with van der Waals surface area (Å²) in [6, 6.07) is 6.53. The van der Waals surface area contributed by atoms with Gasteiger partial charge in [0.25, 0.3) is 5.56 Å². The van der Waals surface area contributed by atoms with Crippen LogP contribution in [-0.2, 0) is 17.8 Å². The highest BCUT2D eigenvalue weighted by Gasteiger charge is 2.10. The highest BCUT2D eigenvalue weighted by atomic mass is 16.5. The number of anilines is 1. The average Bonchev–Trinajstić information content (AvgIpc) is 2.58. The number of nitrogens with one attached hydrogen (secondary N) is 1. The van der Waals surface area contributed by atoms with Crippen molar-refractivity contribution in [1.82, 2.24) is 9.55 Å². The summed E-state index contributed by atoms with van der Waals surface area (Å²) in [6.07, 6.45) is 3.05. The number of carbonyl (C=O) groups is 1. The summed E-state index contributed by atoms with van der Waals surface area (Å²) in [5.41, 5.74) is 0.994. The molecule has 0 saturated heterocycles. The van der Waals surface area contributed by atoms with Gasteiger partial charge >= 0.3 is 0 Å². The molecule has 0 radical (unpaired) electrons. The SMILES string of the molecule is CCCc1cc(=O)n(CC(=O)Nc2ccc(OC)cc2OC)cn1. The van der Waals surface area contributed by atoms with E-state index in [4.69, 9.17) is 9.47 Å². The van der Waals surface area contributed by atoms with Crippen molar-refractivity contribution in [1.29, 1.82) is 0 Å². The van der Waals surface area contributed by atoms with Crippen molar-refractivity contribution >= 4 is 11.6 Å². The Morgan fingerprint density at radius 2 is 2.04 bits per heavy atom. The van der Waals surface area contributed by atoms with Crippen LogP contribution in [0.3, 0.4) is 0 Å². The Hall–Kier alpha value is -2.83. The molecule has 1 aromatic carbocycles. The lowest BCUT2D eigenvalue weighted by molar-refractivity contribution is -0.116. The average molecular weight is 331 g/mol. The minimum absolute atomic E-state index is 0.118. The Morgan fingerprint density at radius 1 is 1.25 bits per heavy atom. The zero-order valence-electron chi connectivity index (χ0n) is 14.0. The molecule has 0 aliphatic carbocycles. The first-order valence-electron chi connectivity index (χ1n) is 7.64. The van der Waals surface area contributed by atoms with Crippen LogP contribution in [0.1, 0.15) is 19.0 Å². The molecule has 7 heteroatoms. The van der Waals surface area contributed by atoms with Crippen LogP contribution in [0.15, 0.2) is 35.4 Å². The number of methoxy groups -OCH3 is 2. The van der Waals surface area contributed by atoms with E-state index in [0.29, 0.717) is 17.2 Å². The van der Waals surface area contributed by atoms with Crippen molar-refractivity contribution in [2.75, 3.05) is 19.5 Å². The van der Waals surface area contributed by atoms with Gasteiger partial charge in [-0.05, 0) is 18.6 Å². The van der Waals surface area contributed by atoms with Crippen molar-refractivity contribution in [2.24, 2.45) is 0 Å². The molecule has 0 aliphatic heterocycles. The molecule has 0 saturated carbocycles. The Kier molecular flexibility index (Phi) is 5.95. The Labute approximate surface area is 140 Å². The molecule has 128 valence electrons. The molecule has 0 spiro atoms. The van der Waals surface area contributed by atoms with Crippen LogP contribution in [-0.4, -0.2) is 29.7 Å². The number of nitrogens with zero attached hydrogens (tertiary/aromatic N) is 2. The quantitative estimate of drug-likeness (QED) is 0.837. The Balaban J connectivity index is 2.10. The fourth-order valence-corrected chi connectivity index (χ4v) is 2.22. The fourth-order valence-electron chi connectivity index (χ4n) is 2.22. The monoisotopic (exact) mass is 331 g/mol. The van der Waals surface area contributed by atoms with E-state index in [9.17, 15) is 9.59 Å². The number of aromatic nitrogens is 2. The van der Waals surface area contributed by atoms with Crippen LogP contribution >= 0.6 is 0 Å². The smallest absolute Gasteiger partial charge is 0.253 e. The van der Waals surface area contributed by atoms with E-state index in [-0.39, 0.29) is 18.0 Å². The van der Waals surface area contributed by atoms with E-state index >= 15 is 0 Å². The lowest BCUT2D eigenvalue weighted by atomic mass is 10.2. The molecule has 0 bridgehead atoms. The first-order chi connectivity index (χ1) is 11.6. The van der Waals surface area contributed by atoms with Gasteiger partial charge in [0.2, 0.25) is 5.91 Å². The van der Waals surface area contributed by atoms with E-state index < -0.39 is 0 Å². The van der Waals surface area contributed by atoms with Crippen LogP contribution in [0, 0.1) is 0 Å². The molecule has 1 heterocycles. The molecule has 0 unspecified atom stereocenters. The standard InChI is InChI=1S/C17H21N3O4/c1-4-5-12-8-17(22)20(11-18-12)10-16(21)19-14-7-6-13(23-2)9-15(14)24-3/h6-9,11H,4-5,10H2,1-3H3,(H,19,21). The number of rotatable bonds is 7. The topological polar surface area (TPSA) is 82.5 Å². The van der Waals surface area contributed by atoms with Gasteiger partial charge < -0.3 is 14.8 Å². The first-order valence-corrected chi connectivity index (χ1v) is 7.64. The van der Waals surface area contributed by atoms with Crippen LogP contribution in [0.5, 0.6) is 11.5 Å². The van der Waals surface area contributed by atoms with E-state index in [1.165, 1.54) is 24.1 Å². The van der Waals surface area contributed by atoms with Crippen molar-refractivity contribution in [2.45, 2.75) is 26.3 Å². The number of benzene rings is 1. The summed E-state index contributed by atoms with van der Waals surface area (Å²) in [6.45, 7) is 1.90. The number of ether oxygens (including phenoxy) is 2. The molecule has 0 atom stereocenters. The number of aryl methyl sites for hydroxylation is 1. The van der Waals surface area contributed by atoms with Crippen molar-refractivity contribution in [3.63, 3.8) is 0 Å². The summed E-state index contributed by atoms with van der Waals surface area (Å²) in [7, 11) is 3.06.